The summed E-state index contributed by atoms with van der Waals surface area (Å²) in [6, 6.07) is -0.880. The van der Waals surface area contributed by atoms with Crippen LogP contribution in [0.25, 0.3) is 0 Å². The number of sulfonamides is 1. The third-order valence-corrected chi connectivity index (χ3v) is 5.19. The molecule has 0 aromatic rings. The summed E-state index contributed by atoms with van der Waals surface area (Å²) in [6.07, 6.45) is 2.84. The first kappa shape index (κ1) is 13.4. The molecule has 0 bridgehead atoms. The van der Waals surface area contributed by atoms with Gasteiger partial charge < -0.3 is 5.11 Å². The van der Waals surface area contributed by atoms with Crippen molar-refractivity contribution in [3.05, 3.63) is 0 Å². The summed E-state index contributed by atoms with van der Waals surface area (Å²) in [6.45, 7) is 3.50. The second-order valence-electron chi connectivity index (χ2n) is 4.41. The number of carboxylic acid groups (broad SMARTS) is 1. The number of aliphatic carboxylic acids is 1. The summed E-state index contributed by atoms with van der Waals surface area (Å²) in [5.74, 6) is -1.04. The predicted octanol–water partition coefficient (Wildman–Crippen LogP) is 1.05. The van der Waals surface area contributed by atoms with Gasteiger partial charge >= 0.3 is 5.97 Å². The quantitative estimate of drug-likeness (QED) is 0.811. The Hall–Kier alpha value is -0.620. The monoisotopic (exact) mass is 249 g/mol. The Labute approximate surface area is 96.5 Å². The summed E-state index contributed by atoms with van der Waals surface area (Å²) >= 11 is 0. The van der Waals surface area contributed by atoms with Crippen LogP contribution in [-0.4, -0.2) is 41.6 Å². The maximum absolute atomic E-state index is 12.0. The molecule has 1 unspecified atom stereocenters. The second-order valence-corrected chi connectivity index (χ2v) is 6.85. The van der Waals surface area contributed by atoms with Crippen molar-refractivity contribution in [3.8, 4) is 0 Å². The smallest absolute Gasteiger partial charge is 0.322 e. The van der Waals surface area contributed by atoms with Crippen molar-refractivity contribution < 1.29 is 18.3 Å². The minimum atomic E-state index is -3.46. The second kappa shape index (κ2) is 5.14. The Morgan fingerprint density at radius 2 is 1.94 bits per heavy atom. The zero-order chi connectivity index (χ0) is 12.3. The molecule has 1 rings (SSSR count). The molecule has 0 aromatic heterocycles. The average Bonchev–Trinajstić information content (AvgIpc) is 2.42. The number of carboxylic acids is 1. The largest absolute Gasteiger partial charge is 0.480 e. The number of hydrogen-bond acceptors (Lipinski definition) is 3. The summed E-state index contributed by atoms with van der Waals surface area (Å²) in [4.78, 5) is 11.1. The van der Waals surface area contributed by atoms with Crippen LogP contribution in [0.1, 0.15) is 39.5 Å². The van der Waals surface area contributed by atoms with E-state index in [1.54, 1.807) is 13.8 Å². The zero-order valence-corrected chi connectivity index (χ0v) is 10.5. The molecule has 1 heterocycles. The van der Waals surface area contributed by atoms with Crippen LogP contribution in [0, 0.1) is 0 Å². The molecular formula is C10H19NO4S. The standard InChI is InChI=1S/C10H19NO4S/c1-8(2)16(14,15)11-7-5-3-4-6-9(11)10(12)13/h8-9H,3-7H2,1-2H3,(H,12,13). The van der Waals surface area contributed by atoms with Gasteiger partial charge in [-0.3, -0.25) is 4.79 Å². The summed E-state index contributed by atoms with van der Waals surface area (Å²) in [7, 11) is -3.46. The van der Waals surface area contributed by atoms with E-state index in [1.165, 1.54) is 4.31 Å². The van der Waals surface area contributed by atoms with Crippen molar-refractivity contribution in [2.75, 3.05) is 6.54 Å². The van der Waals surface area contributed by atoms with Crippen LogP contribution in [0.4, 0.5) is 0 Å². The number of nitrogens with zero attached hydrogens (tertiary/aromatic N) is 1. The van der Waals surface area contributed by atoms with Gasteiger partial charge in [0.15, 0.2) is 0 Å². The van der Waals surface area contributed by atoms with Crippen molar-refractivity contribution in [2.45, 2.75) is 50.8 Å². The molecule has 0 aliphatic carbocycles. The maximum atomic E-state index is 12.0. The average molecular weight is 249 g/mol. The minimum Gasteiger partial charge on any atom is -0.480 e. The lowest BCUT2D eigenvalue weighted by molar-refractivity contribution is -0.141. The highest BCUT2D eigenvalue weighted by Crippen LogP contribution is 2.22. The highest BCUT2D eigenvalue weighted by molar-refractivity contribution is 7.89. The van der Waals surface area contributed by atoms with Crippen molar-refractivity contribution in [1.82, 2.24) is 4.31 Å². The predicted molar refractivity (Wildman–Crippen MR) is 60.7 cm³/mol. The SMILES string of the molecule is CC(C)S(=O)(=O)N1CCCCCC1C(=O)O. The lowest BCUT2D eigenvalue weighted by Gasteiger charge is -2.27. The fourth-order valence-corrected chi connectivity index (χ4v) is 3.38. The molecule has 1 aliphatic rings. The van der Waals surface area contributed by atoms with Crippen LogP contribution < -0.4 is 0 Å². The molecule has 5 nitrogen and oxygen atoms in total. The molecule has 16 heavy (non-hydrogen) atoms. The number of carbonyl (C=O) groups is 1. The van der Waals surface area contributed by atoms with Crippen LogP contribution in [-0.2, 0) is 14.8 Å². The van der Waals surface area contributed by atoms with E-state index in [4.69, 9.17) is 5.11 Å². The summed E-state index contributed by atoms with van der Waals surface area (Å²) in [5.41, 5.74) is 0. The van der Waals surface area contributed by atoms with E-state index < -0.39 is 27.3 Å². The van der Waals surface area contributed by atoms with Gasteiger partial charge in [0.25, 0.3) is 0 Å². The Bertz CT molecular complexity index is 350. The molecular weight excluding hydrogens is 230 g/mol. The highest BCUT2D eigenvalue weighted by atomic mass is 32.2. The van der Waals surface area contributed by atoms with Crippen LogP contribution in [0.3, 0.4) is 0 Å². The van der Waals surface area contributed by atoms with Gasteiger partial charge in [0.1, 0.15) is 6.04 Å². The van der Waals surface area contributed by atoms with Gasteiger partial charge in [0, 0.05) is 6.54 Å². The van der Waals surface area contributed by atoms with E-state index in [0.29, 0.717) is 13.0 Å². The van der Waals surface area contributed by atoms with Gasteiger partial charge in [0.05, 0.1) is 5.25 Å². The van der Waals surface area contributed by atoms with E-state index in [1.807, 2.05) is 0 Å². The molecule has 1 atom stereocenters. The maximum Gasteiger partial charge on any atom is 0.322 e. The van der Waals surface area contributed by atoms with E-state index in [0.717, 1.165) is 19.3 Å². The Balaban J connectivity index is 3.01. The molecule has 0 amide bonds. The van der Waals surface area contributed by atoms with Gasteiger partial charge in [-0.15, -0.1) is 0 Å². The zero-order valence-electron chi connectivity index (χ0n) is 9.72. The number of hydrogen-bond donors (Lipinski definition) is 1. The van der Waals surface area contributed by atoms with E-state index >= 15 is 0 Å². The van der Waals surface area contributed by atoms with Gasteiger partial charge in [-0.1, -0.05) is 12.8 Å². The van der Waals surface area contributed by atoms with Crippen molar-refractivity contribution in [3.63, 3.8) is 0 Å². The van der Waals surface area contributed by atoms with Crippen molar-refractivity contribution in [2.24, 2.45) is 0 Å². The van der Waals surface area contributed by atoms with Crippen molar-refractivity contribution >= 4 is 16.0 Å². The lowest BCUT2D eigenvalue weighted by Crippen LogP contribution is -2.47. The molecule has 0 saturated carbocycles. The van der Waals surface area contributed by atoms with Crippen LogP contribution in [0.15, 0.2) is 0 Å². The van der Waals surface area contributed by atoms with Gasteiger partial charge in [-0.05, 0) is 26.7 Å². The number of rotatable bonds is 3. The molecule has 6 heteroatoms. The van der Waals surface area contributed by atoms with E-state index in [9.17, 15) is 13.2 Å². The Morgan fingerprint density at radius 3 is 2.44 bits per heavy atom. The first-order valence-corrected chi connectivity index (χ1v) is 7.11. The van der Waals surface area contributed by atoms with E-state index in [2.05, 4.69) is 0 Å². The van der Waals surface area contributed by atoms with Gasteiger partial charge in [0.2, 0.25) is 10.0 Å². The van der Waals surface area contributed by atoms with Gasteiger partial charge in [-0.2, -0.15) is 4.31 Å². The molecule has 1 N–H and O–H groups in total. The third-order valence-electron chi connectivity index (χ3n) is 2.91. The molecule has 1 fully saturated rings. The highest BCUT2D eigenvalue weighted by Gasteiger charge is 2.36. The Morgan fingerprint density at radius 1 is 1.31 bits per heavy atom. The minimum absolute atomic E-state index is 0.331. The molecule has 1 aliphatic heterocycles. The normalized spacial score (nSPS) is 24.3. The molecule has 1 saturated heterocycles. The van der Waals surface area contributed by atoms with Crippen LogP contribution in [0.2, 0.25) is 0 Å². The van der Waals surface area contributed by atoms with Crippen LogP contribution in [0.5, 0.6) is 0 Å². The first-order chi connectivity index (χ1) is 7.37. The molecule has 0 spiro atoms. The van der Waals surface area contributed by atoms with E-state index in [-0.39, 0.29) is 0 Å². The molecule has 0 radical (unpaired) electrons. The topological polar surface area (TPSA) is 74.7 Å². The first-order valence-electron chi connectivity index (χ1n) is 5.61. The fourth-order valence-electron chi connectivity index (χ4n) is 1.90. The van der Waals surface area contributed by atoms with Crippen LogP contribution >= 0.6 is 0 Å². The fraction of sp³-hybridized carbons (Fsp3) is 0.900. The third kappa shape index (κ3) is 2.74. The Kier molecular flexibility index (Phi) is 4.32. The lowest BCUT2D eigenvalue weighted by atomic mass is 10.1. The summed E-state index contributed by atoms with van der Waals surface area (Å²) in [5, 5.41) is 8.51. The molecule has 94 valence electrons. The van der Waals surface area contributed by atoms with Crippen molar-refractivity contribution in [1.29, 1.82) is 0 Å². The van der Waals surface area contributed by atoms with Gasteiger partial charge in [-0.25, -0.2) is 8.42 Å². The molecule has 0 aromatic carbocycles. The summed E-state index contributed by atoms with van der Waals surface area (Å²) < 4.78 is 25.2.